The lowest BCUT2D eigenvalue weighted by Gasteiger charge is -2.13. The summed E-state index contributed by atoms with van der Waals surface area (Å²) in [5.74, 6) is -0.0833. The van der Waals surface area contributed by atoms with Crippen molar-refractivity contribution < 1.29 is 28.6 Å². The van der Waals surface area contributed by atoms with E-state index in [1.54, 1.807) is 48.5 Å². The first-order valence-electron chi connectivity index (χ1n) is 8.02. The lowest BCUT2D eigenvalue weighted by Crippen LogP contribution is -2.27. The topological polar surface area (TPSA) is 78.9 Å². The average molecular weight is 356 g/mol. The zero-order valence-corrected chi connectivity index (χ0v) is 14.9. The normalized spacial score (nSPS) is 11.3. The van der Waals surface area contributed by atoms with E-state index in [0.717, 1.165) is 0 Å². The van der Waals surface area contributed by atoms with Crippen molar-refractivity contribution in [2.75, 3.05) is 13.7 Å². The van der Waals surface area contributed by atoms with E-state index in [9.17, 15) is 14.4 Å². The predicted molar refractivity (Wildman–Crippen MR) is 94.8 cm³/mol. The van der Waals surface area contributed by atoms with Crippen LogP contribution in [-0.2, 0) is 9.53 Å². The second-order valence-corrected chi connectivity index (χ2v) is 5.60. The highest BCUT2D eigenvalue weighted by Crippen LogP contribution is 2.15. The van der Waals surface area contributed by atoms with Crippen LogP contribution in [0.4, 0.5) is 0 Å². The van der Waals surface area contributed by atoms with Gasteiger partial charge in [-0.25, -0.2) is 4.79 Å². The van der Waals surface area contributed by atoms with Crippen LogP contribution in [0.5, 0.6) is 11.5 Å². The minimum absolute atomic E-state index is 0.100. The van der Waals surface area contributed by atoms with Gasteiger partial charge in [-0.15, -0.1) is 0 Å². The van der Waals surface area contributed by atoms with E-state index in [0.29, 0.717) is 22.6 Å². The van der Waals surface area contributed by atoms with Crippen LogP contribution < -0.4 is 9.47 Å². The lowest BCUT2D eigenvalue weighted by atomic mass is 10.1. The number of methoxy groups -OCH3 is 1. The van der Waals surface area contributed by atoms with Crippen LogP contribution in [0.1, 0.15) is 34.6 Å². The molecular weight excluding hydrogens is 336 g/mol. The molecule has 0 amide bonds. The summed E-state index contributed by atoms with van der Waals surface area (Å²) in [6.07, 6.45) is -0.942. The van der Waals surface area contributed by atoms with E-state index in [-0.39, 0.29) is 18.2 Å². The Morgan fingerprint density at radius 2 is 1.65 bits per heavy atom. The number of ether oxygens (including phenoxy) is 3. The van der Waals surface area contributed by atoms with Gasteiger partial charge < -0.3 is 14.2 Å². The number of hydrogen-bond donors (Lipinski definition) is 0. The van der Waals surface area contributed by atoms with Crippen molar-refractivity contribution in [1.82, 2.24) is 0 Å². The number of ketones is 2. The van der Waals surface area contributed by atoms with Crippen LogP contribution >= 0.6 is 0 Å². The van der Waals surface area contributed by atoms with Gasteiger partial charge in [-0.1, -0.05) is 12.1 Å². The Labute approximate surface area is 151 Å². The second kappa shape index (κ2) is 8.80. The summed E-state index contributed by atoms with van der Waals surface area (Å²) >= 11 is 0. The fourth-order valence-electron chi connectivity index (χ4n) is 2.22. The van der Waals surface area contributed by atoms with Crippen molar-refractivity contribution in [3.63, 3.8) is 0 Å². The van der Waals surface area contributed by atoms with Crippen LogP contribution in [0, 0.1) is 0 Å². The number of Topliss-reactive ketones (excluding diaryl/α,β-unsaturated/α-hetero) is 2. The summed E-state index contributed by atoms with van der Waals surface area (Å²) in [6.45, 7) is 2.59. The molecule has 0 aromatic heterocycles. The van der Waals surface area contributed by atoms with Gasteiger partial charge >= 0.3 is 5.97 Å². The summed E-state index contributed by atoms with van der Waals surface area (Å²) in [5.41, 5.74) is 0.903. The third-order valence-corrected chi connectivity index (χ3v) is 3.65. The molecule has 0 aliphatic carbocycles. The molecule has 0 heterocycles. The van der Waals surface area contributed by atoms with E-state index in [4.69, 9.17) is 14.2 Å². The smallest absolute Gasteiger partial charge is 0.344 e. The van der Waals surface area contributed by atoms with Crippen molar-refractivity contribution in [1.29, 1.82) is 0 Å². The molecule has 2 aromatic rings. The van der Waals surface area contributed by atoms with E-state index in [1.165, 1.54) is 21.0 Å². The summed E-state index contributed by atoms with van der Waals surface area (Å²) in [7, 11) is 1.54. The zero-order valence-electron chi connectivity index (χ0n) is 14.9. The molecule has 0 N–H and O–H groups in total. The molecule has 2 rings (SSSR count). The third kappa shape index (κ3) is 5.17. The van der Waals surface area contributed by atoms with Gasteiger partial charge in [0.1, 0.15) is 11.5 Å². The quantitative estimate of drug-likeness (QED) is 0.534. The number of esters is 1. The zero-order chi connectivity index (χ0) is 19.1. The first-order valence-corrected chi connectivity index (χ1v) is 8.02. The molecule has 1 atom stereocenters. The van der Waals surface area contributed by atoms with Crippen LogP contribution in [0.2, 0.25) is 0 Å². The first kappa shape index (κ1) is 19.2. The molecular formula is C20H20O6. The fraction of sp³-hybridized carbons (Fsp3) is 0.250. The van der Waals surface area contributed by atoms with Gasteiger partial charge in [0.2, 0.25) is 5.78 Å². The van der Waals surface area contributed by atoms with Gasteiger partial charge in [0.05, 0.1) is 7.11 Å². The van der Waals surface area contributed by atoms with Gasteiger partial charge in [0.15, 0.2) is 18.5 Å². The van der Waals surface area contributed by atoms with Gasteiger partial charge in [-0.3, -0.25) is 9.59 Å². The summed E-state index contributed by atoms with van der Waals surface area (Å²) in [4.78, 5) is 35.5. The number of rotatable bonds is 8. The highest BCUT2D eigenvalue weighted by Gasteiger charge is 2.20. The molecule has 0 bridgehead atoms. The molecule has 136 valence electrons. The summed E-state index contributed by atoms with van der Waals surface area (Å²) < 4.78 is 15.5. The van der Waals surface area contributed by atoms with Gasteiger partial charge in [-0.2, -0.15) is 0 Å². The largest absolute Gasteiger partial charge is 0.497 e. The van der Waals surface area contributed by atoms with Crippen LogP contribution in [-0.4, -0.2) is 37.4 Å². The maximum absolute atomic E-state index is 12.3. The molecule has 0 aliphatic rings. The van der Waals surface area contributed by atoms with E-state index < -0.39 is 12.1 Å². The van der Waals surface area contributed by atoms with Crippen molar-refractivity contribution in [3.05, 3.63) is 59.7 Å². The Balaban J connectivity index is 1.89. The number of carbonyl (C=O) groups excluding carboxylic acids is 3. The molecule has 6 heteroatoms. The van der Waals surface area contributed by atoms with Gasteiger partial charge in [0.25, 0.3) is 0 Å². The third-order valence-electron chi connectivity index (χ3n) is 3.65. The fourth-order valence-corrected chi connectivity index (χ4v) is 2.22. The van der Waals surface area contributed by atoms with Crippen LogP contribution in [0.3, 0.4) is 0 Å². The van der Waals surface area contributed by atoms with Crippen LogP contribution in [0.25, 0.3) is 0 Å². The van der Waals surface area contributed by atoms with E-state index >= 15 is 0 Å². The molecule has 0 fully saturated rings. The molecule has 0 saturated carbocycles. The van der Waals surface area contributed by atoms with E-state index in [1.807, 2.05) is 0 Å². The van der Waals surface area contributed by atoms with Crippen LogP contribution in [0.15, 0.2) is 48.5 Å². The summed E-state index contributed by atoms with van der Waals surface area (Å²) in [6, 6.07) is 13.0. The average Bonchev–Trinajstić information content (AvgIpc) is 2.66. The Morgan fingerprint density at radius 3 is 2.27 bits per heavy atom. The minimum atomic E-state index is -0.942. The van der Waals surface area contributed by atoms with Crippen molar-refractivity contribution in [2.45, 2.75) is 20.0 Å². The molecule has 6 nitrogen and oxygen atoms in total. The standard InChI is InChI=1S/C20H20O6/c1-13(21)16-5-4-6-18(11-16)25-12-19(22)26-14(2)20(23)15-7-9-17(24-3)10-8-15/h4-11,14H,12H2,1-3H3/t14-/m0/s1. The number of carbonyl (C=O) groups is 3. The Kier molecular flexibility index (Phi) is 6.49. The molecule has 0 radical (unpaired) electrons. The number of benzene rings is 2. The molecule has 0 saturated heterocycles. The van der Waals surface area contributed by atoms with Crippen molar-refractivity contribution in [3.8, 4) is 11.5 Å². The molecule has 2 aromatic carbocycles. The predicted octanol–water partition coefficient (Wildman–Crippen LogP) is 3.09. The minimum Gasteiger partial charge on any atom is -0.497 e. The highest BCUT2D eigenvalue weighted by molar-refractivity contribution is 6.00. The van der Waals surface area contributed by atoms with Gasteiger partial charge in [0, 0.05) is 11.1 Å². The molecule has 0 unspecified atom stereocenters. The van der Waals surface area contributed by atoms with Crippen molar-refractivity contribution >= 4 is 17.5 Å². The lowest BCUT2D eigenvalue weighted by molar-refractivity contribution is -0.148. The van der Waals surface area contributed by atoms with Gasteiger partial charge in [-0.05, 0) is 50.2 Å². The van der Waals surface area contributed by atoms with E-state index in [2.05, 4.69) is 0 Å². The summed E-state index contributed by atoms with van der Waals surface area (Å²) in [5, 5.41) is 0. The molecule has 26 heavy (non-hydrogen) atoms. The highest BCUT2D eigenvalue weighted by atomic mass is 16.6. The first-order chi connectivity index (χ1) is 12.4. The maximum Gasteiger partial charge on any atom is 0.344 e. The molecule has 0 spiro atoms. The Hall–Kier alpha value is -3.15. The SMILES string of the molecule is COc1ccc(C(=O)[C@H](C)OC(=O)COc2cccc(C(C)=O)c2)cc1. The van der Waals surface area contributed by atoms with Crippen molar-refractivity contribution in [2.24, 2.45) is 0 Å². The Bertz CT molecular complexity index is 794. The number of hydrogen-bond acceptors (Lipinski definition) is 6. The molecule has 0 aliphatic heterocycles. The Morgan fingerprint density at radius 1 is 0.962 bits per heavy atom. The maximum atomic E-state index is 12.3. The monoisotopic (exact) mass is 356 g/mol. The second-order valence-electron chi connectivity index (χ2n) is 5.60.